The van der Waals surface area contributed by atoms with Crippen LogP contribution in [0.2, 0.25) is 5.02 Å². The van der Waals surface area contributed by atoms with Crippen LogP contribution in [-0.4, -0.2) is 40.2 Å². The van der Waals surface area contributed by atoms with Crippen molar-refractivity contribution in [2.24, 2.45) is 0 Å². The summed E-state index contributed by atoms with van der Waals surface area (Å²) in [6, 6.07) is 6.86. The zero-order chi connectivity index (χ0) is 18.3. The molecule has 26 heavy (non-hydrogen) atoms. The zero-order valence-electron chi connectivity index (χ0n) is 14.2. The van der Waals surface area contributed by atoms with Gasteiger partial charge < -0.3 is 14.8 Å². The molecule has 1 aromatic carbocycles. The highest BCUT2D eigenvalue weighted by atomic mass is 35.5. The SMILES string of the molecule is CC(=O)C1CCn2nc(C(=O)NC3COc4ccc(Cl)cc4C3)cc2O1. The number of nitrogens with one attached hydrogen (secondary N) is 1. The number of hydrogen-bond acceptors (Lipinski definition) is 5. The van der Waals surface area contributed by atoms with Gasteiger partial charge in [0.15, 0.2) is 17.6 Å². The van der Waals surface area contributed by atoms with Crippen molar-refractivity contribution in [1.29, 1.82) is 0 Å². The van der Waals surface area contributed by atoms with Gasteiger partial charge in [-0.15, -0.1) is 0 Å². The molecule has 136 valence electrons. The Hall–Kier alpha value is -2.54. The molecule has 0 spiro atoms. The lowest BCUT2D eigenvalue weighted by atomic mass is 10.0. The number of rotatable bonds is 3. The number of benzene rings is 1. The van der Waals surface area contributed by atoms with E-state index < -0.39 is 6.10 Å². The monoisotopic (exact) mass is 375 g/mol. The van der Waals surface area contributed by atoms with Crippen LogP contribution in [0, 0.1) is 0 Å². The Kier molecular flexibility index (Phi) is 4.32. The number of halogens is 1. The van der Waals surface area contributed by atoms with Gasteiger partial charge in [-0.1, -0.05) is 11.6 Å². The molecule has 4 rings (SSSR count). The third-order valence-corrected chi connectivity index (χ3v) is 4.79. The summed E-state index contributed by atoms with van der Waals surface area (Å²) in [5.74, 6) is 0.911. The second kappa shape index (κ2) is 6.64. The standard InChI is InChI=1S/C18H18ClN3O4/c1-10(23)15-4-5-22-17(26-15)8-14(21-22)18(24)20-13-7-11-6-12(19)2-3-16(11)25-9-13/h2-3,6,8,13,15H,4-5,7,9H2,1H3,(H,20,24). The van der Waals surface area contributed by atoms with Crippen LogP contribution in [0.4, 0.5) is 0 Å². The number of ketones is 1. The van der Waals surface area contributed by atoms with Gasteiger partial charge in [0.2, 0.25) is 5.88 Å². The lowest BCUT2D eigenvalue weighted by molar-refractivity contribution is -0.125. The molecular weight excluding hydrogens is 358 g/mol. The molecule has 0 bridgehead atoms. The normalized spacial score (nSPS) is 21.0. The molecule has 2 aliphatic rings. The number of aryl methyl sites for hydroxylation is 1. The maximum atomic E-state index is 12.5. The number of fused-ring (bicyclic) bond motifs is 2. The first-order chi connectivity index (χ1) is 12.5. The third kappa shape index (κ3) is 3.26. The van der Waals surface area contributed by atoms with Crippen LogP contribution < -0.4 is 14.8 Å². The lowest BCUT2D eigenvalue weighted by Crippen LogP contribution is -2.42. The number of amides is 1. The van der Waals surface area contributed by atoms with Crippen LogP contribution in [0.25, 0.3) is 0 Å². The number of ether oxygens (including phenoxy) is 2. The summed E-state index contributed by atoms with van der Waals surface area (Å²) < 4.78 is 12.9. The van der Waals surface area contributed by atoms with Gasteiger partial charge in [-0.2, -0.15) is 5.10 Å². The van der Waals surface area contributed by atoms with Gasteiger partial charge in [0.25, 0.3) is 5.91 Å². The number of nitrogens with zero attached hydrogens (tertiary/aromatic N) is 2. The smallest absolute Gasteiger partial charge is 0.272 e. The second-order valence-corrected chi connectivity index (χ2v) is 6.97. The Balaban J connectivity index is 1.44. The first-order valence-corrected chi connectivity index (χ1v) is 8.84. The predicted molar refractivity (Wildman–Crippen MR) is 93.8 cm³/mol. The first kappa shape index (κ1) is 16.9. The molecule has 2 atom stereocenters. The Morgan fingerprint density at radius 2 is 2.19 bits per heavy atom. The minimum atomic E-state index is -0.469. The fourth-order valence-corrected chi connectivity index (χ4v) is 3.41. The van der Waals surface area contributed by atoms with Gasteiger partial charge in [-0.3, -0.25) is 9.59 Å². The van der Waals surface area contributed by atoms with Gasteiger partial charge >= 0.3 is 0 Å². The first-order valence-electron chi connectivity index (χ1n) is 8.46. The van der Waals surface area contributed by atoms with Gasteiger partial charge in [0.05, 0.1) is 6.04 Å². The highest BCUT2D eigenvalue weighted by Gasteiger charge is 2.28. The van der Waals surface area contributed by atoms with E-state index in [4.69, 9.17) is 21.1 Å². The summed E-state index contributed by atoms with van der Waals surface area (Å²) >= 11 is 6.02. The molecule has 0 radical (unpaired) electrons. The van der Waals surface area contributed by atoms with E-state index in [1.165, 1.54) is 6.92 Å². The van der Waals surface area contributed by atoms with E-state index in [-0.39, 0.29) is 23.4 Å². The predicted octanol–water partition coefficient (Wildman–Crippen LogP) is 2.01. The molecule has 0 aliphatic carbocycles. The van der Waals surface area contributed by atoms with E-state index in [0.29, 0.717) is 36.9 Å². The number of hydrogen-bond donors (Lipinski definition) is 1. The molecule has 1 N–H and O–H groups in total. The highest BCUT2D eigenvalue weighted by Crippen LogP contribution is 2.28. The van der Waals surface area contributed by atoms with E-state index >= 15 is 0 Å². The summed E-state index contributed by atoms with van der Waals surface area (Å²) in [5.41, 5.74) is 1.23. The van der Waals surface area contributed by atoms with Crippen LogP contribution in [-0.2, 0) is 17.8 Å². The largest absolute Gasteiger partial charge is 0.491 e. The van der Waals surface area contributed by atoms with E-state index in [0.717, 1.165) is 11.3 Å². The van der Waals surface area contributed by atoms with Crippen molar-refractivity contribution in [3.05, 3.63) is 40.5 Å². The summed E-state index contributed by atoms with van der Waals surface area (Å²) in [6.07, 6.45) is 0.722. The van der Waals surface area contributed by atoms with Crippen molar-refractivity contribution in [2.75, 3.05) is 6.61 Å². The number of aromatic nitrogens is 2. The lowest BCUT2D eigenvalue weighted by Gasteiger charge is -2.25. The van der Waals surface area contributed by atoms with Crippen molar-refractivity contribution in [3.8, 4) is 11.6 Å². The maximum absolute atomic E-state index is 12.5. The van der Waals surface area contributed by atoms with Gasteiger partial charge in [-0.25, -0.2) is 4.68 Å². The Bertz CT molecular complexity index is 879. The van der Waals surface area contributed by atoms with Crippen molar-refractivity contribution in [2.45, 2.75) is 38.5 Å². The van der Waals surface area contributed by atoms with Gasteiger partial charge in [-0.05, 0) is 37.1 Å². The number of carbonyl (C=O) groups excluding carboxylic acids is 2. The molecular formula is C18H18ClN3O4. The average molecular weight is 376 g/mol. The Morgan fingerprint density at radius 1 is 1.35 bits per heavy atom. The van der Waals surface area contributed by atoms with Gasteiger partial charge in [0.1, 0.15) is 12.4 Å². The van der Waals surface area contributed by atoms with Crippen LogP contribution in [0.5, 0.6) is 11.6 Å². The molecule has 0 saturated carbocycles. The Labute approximate surface area is 155 Å². The summed E-state index contributed by atoms with van der Waals surface area (Å²) in [6.45, 7) is 2.43. The number of carbonyl (C=O) groups is 2. The summed E-state index contributed by atoms with van der Waals surface area (Å²) in [7, 11) is 0. The fourth-order valence-electron chi connectivity index (χ4n) is 3.21. The molecule has 7 nitrogen and oxygen atoms in total. The molecule has 1 aromatic heterocycles. The second-order valence-electron chi connectivity index (χ2n) is 6.53. The van der Waals surface area contributed by atoms with Crippen LogP contribution in [0.15, 0.2) is 24.3 Å². The summed E-state index contributed by atoms with van der Waals surface area (Å²) in [5, 5.41) is 7.85. The third-order valence-electron chi connectivity index (χ3n) is 4.56. The highest BCUT2D eigenvalue weighted by molar-refractivity contribution is 6.30. The van der Waals surface area contributed by atoms with E-state index in [9.17, 15) is 9.59 Å². The molecule has 2 aliphatic heterocycles. The number of Topliss-reactive ketones (excluding diaryl/α,β-unsaturated/α-hetero) is 1. The molecule has 0 fully saturated rings. The minimum Gasteiger partial charge on any atom is -0.491 e. The maximum Gasteiger partial charge on any atom is 0.272 e. The quantitative estimate of drug-likeness (QED) is 0.887. The summed E-state index contributed by atoms with van der Waals surface area (Å²) in [4.78, 5) is 24.0. The fraction of sp³-hybridized carbons (Fsp3) is 0.389. The molecule has 2 aromatic rings. The van der Waals surface area contributed by atoms with Crippen LogP contribution in [0.1, 0.15) is 29.4 Å². The van der Waals surface area contributed by atoms with Crippen LogP contribution in [0.3, 0.4) is 0 Å². The molecule has 0 saturated heterocycles. The molecule has 8 heteroatoms. The van der Waals surface area contributed by atoms with Crippen molar-refractivity contribution in [1.82, 2.24) is 15.1 Å². The van der Waals surface area contributed by atoms with E-state index in [1.54, 1.807) is 16.8 Å². The van der Waals surface area contributed by atoms with Crippen molar-refractivity contribution < 1.29 is 19.1 Å². The van der Waals surface area contributed by atoms with E-state index in [2.05, 4.69) is 10.4 Å². The van der Waals surface area contributed by atoms with Gasteiger partial charge in [0, 0.05) is 24.1 Å². The van der Waals surface area contributed by atoms with Crippen molar-refractivity contribution >= 4 is 23.3 Å². The molecule has 2 unspecified atom stereocenters. The Morgan fingerprint density at radius 3 is 3.00 bits per heavy atom. The van der Waals surface area contributed by atoms with Crippen molar-refractivity contribution in [3.63, 3.8) is 0 Å². The molecule has 3 heterocycles. The van der Waals surface area contributed by atoms with Crippen LogP contribution >= 0.6 is 11.6 Å². The topological polar surface area (TPSA) is 82.5 Å². The minimum absolute atomic E-state index is 0.0277. The molecule has 1 amide bonds. The van der Waals surface area contributed by atoms with E-state index in [1.807, 2.05) is 12.1 Å². The zero-order valence-corrected chi connectivity index (χ0v) is 15.0. The average Bonchev–Trinajstić information content (AvgIpc) is 3.04.